The van der Waals surface area contributed by atoms with E-state index in [9.17, 15) is 4.79 Å². The molecule has 0 aromatic heterocycles. The van der Waals surface area contributed by atoms with Gasteiger partial charge in [0.15, 0.2) is 0 Å². The highest BCUT2D eigenvalue weighted by molar-refractivity contribution is 5.72. The maximum atomic E-state index is 10.9. The minimum atomic E-state index is 0.0669. The number of hydrogen-bond donors (Lipinski definition) is 1. The maximum absolute atomic E-state index is 10.9. The molecule has 2 atom stereocenters. The van der Waals surface area contributed by atoms with Crippen LogP contribution in [0.5, 0.6) is 5.75 Å². The van der Waals surface area contributed by atoms with Crippen molar-refractivity contribution in [2.24, 2.45) is 5.92 Å². The van der Waals surface area contributed by atoms with E-state index in [1.165, 1.54) is 17.5 Å². The number of hydrogen-bond acceptors (Lipinski definition) is 2. The smallest absolute Gasteiger partial charge is 0.216 e. The average molecular weight is 231 g/mol. The van der Waals surface area contributed by atoms with Crippen LogP contribution in [0.25, 0.3) is 0 Å². The van der Waals surface area contributed by atoms with Crippen molar-refractivity contribution in [3.8, 4) is 5.75 Å². The lowest BCUT2D eigenvalue weighted by Gasteiger charge is -2.06. The lowest BCUT2D eigenvalue weighted by Crippen LogP contribution is -2.22. The average Bonchev–Trinajstić information content (AvgIpc) is 2.92. The molecule has 1 N–H and O–H groups in total. The zero-order valence-corrected chi connectivity index (χ0v) is 10.0. The van der Waals surface area contributed by atoms with Crippen LogP contribution >= 0.6 is 0 Å². The Bertz CT molecular complexity index is 456. The van der Waals surface area contributed by atoms with Crippen molar-refractivity contribution in [3.05, 3.63) is 29.3 Å². The quantitative estimate of drug-likeness (QED) is 0.862. The van der Waals surface area contributed by atoms with Crippen molar-refractivity contribution in [3.63, 3.8) is 0 Å². The van der Waals surface area contributed by atoms with Crippen LogP contribution in [0.1, 0.15) is 30.4 Å². The van der Waals surface area contributed by atoms with E-state index in [4.69, 9.17) is 4.74 Å². The number of ether oxygens (including phenoxy) is 1. The third-order valence-corrected chi connectivity index (χ3v) is 3.71. The van der Waals surface area contributed by atoms with E-state index >= 15 is 0 Å². The molecule has 1 heterocycles. The maximum Gasteiger partial charge on any atom is 0.216 e. The van der Waals surface area contributed by atoms with Crippen LogP contribution < -0.4 is 10.1 Å². The molecule has 3 rings (SSSR count). The molecule has 0 bridgehead atoms. The molecular formula is C14H17NO2. The summed E-state index contributed by atoms with van der Waals surface area (Å²) in [6, 6.07) is 6.34. The molecule has 1 aromatic rings. The molecule has 3 nitrogen and oxygen atoms in total. The molecule has 1 fully saturated rings. The molecule has 2 aliphatic rings. The second-order valence-corrected chi connectivity index (χ2v) is 4.96. The van der Waals surface area contributed by atoms with Gasteiger partial charge in [-0.15, -0.1) is 0 Å². The van der Waals surface area contributed by atoms with E-state index in [0.29, 0.717) is 11.8 Å². The van der Waals surface area contributed by atoms with Crippen molar-refractivity contribution >= 4 is 5.91 Å². The van der Waals surface area contributed by atoms with Gasteiger partial charge in [-0.05, 0) is 29.9 Å². The Labute approximate surface area is 101 Å². The largest absolute Gasteiger partial charge is 0.493 e. The van der Waals surface area contributed by atoms with E-state index in [2.05, 4.69) is 23.5 Å². The Hall–Kier alpha value is -1.51. The number of benzene rings is 1. The van der Waals surface area contributed by atoms with Crippen LogP contribution in [0.3, 0.4) is 0 Å². The first-order valence-electron chi connectivity index (χ1n) is 6.24. The van der Waals surface area contributed by atoms with E-state index in [0.717, 1.165) is 25.3 Å². The van der Waals surface area contributed by atoms with Gasteiger partial charge in [0, 0.05) is 25.5 Å². The van der Waals surface area contributed by atoms with E-state index in [-0.39, 0.29) is 5.91 Å². The summed E-state index contributed by atoms with van der Waals surface area (Å²) in [5, 5.41) is 2.90. The second kappa shape index (κ2) is 4.06. The summed E-state index contributed by atoms with van der Waals surface area (Å²) >= 11 is 0. The highest BCUT2D eigenvalue weighted by Gasteiger charge is 2.40. The van der Waals surface area contributed by atoms with Crippen molar-refractivity contribution in [1.29, 1.82) is 0 Å². The predicted molar refractivity (Wildman–Crippen MR) is 65.2 cm³/mol. The summed E-state index contributed by atoms with van der Waals surface area (Å²) in [7, 11) is 0. The molecule has 17 heavy (non-hydrogen) atoms. The van der Waals surface area contributed by atoms with Gasteiger partial charge < -0.3 is 10.1 Å². The third-order valence-electron chi connectivity index (χ3n) is 3.71. The minimum Gasteiger partial charge on any atom is -0.493 e. The van der Waals surface area contributed by atoms with Gasteiger partial charge >= 0.3 is 0 Å². The Balaban J connectivity index is 1.71. The Kier molecular flexibility index (Phi) is 2.54. The van der Waals surface area contributed by atoms with Crippen molar-refractivity contribution in [2.45, 2.75) is 25.7 Å². The lowest BCUT2D eigenvalue weighted by molar-refractivity contribution is -0.119. The van der Waals surface area contributed by atoms with Gasteiger partial charge in [0.25, 0.3) is 0 Å². The second-order valence-electron chi connectivity index (χ2n) is 4.96. The van der Waals surface area contributed by atoms with Gasteiger partial charge in [-0.2, -0.15) is 0 Å². The standard InChI is InChI=1S/C14H17NO2/c1-9(16)15-8-10-7-13(10)11-3-2-4-14-12(11)5-6-17-14/h2-4,10,13H,5-8H2,1H3,(H,15,16)/t10-,13+/m0/s1. The van der Waals surface area contributed by atoms with Gasteiger partial charge in [-0.25, -0.2) is 0 Å². The number of amides is 1. The fourth-order valence-electron chi connectivity index (χ4n) is 2.72. The number of nitrogens with one attached hydrogen (secondary N) is 1. The van der Waals surface area contributed by atoms with Crippen LogP contribution in [0.2, 0.25) is 0 Å². The van der Waals surface area contributed by atoms with E-state index in [1.54, 1.807) is 6.92 Å². The van der Waals surface area contributed by atoms with Crippen LogP contribution in [0, 0.1) is 5.92 Å². The molecule has 0 saturated heterocycles. The summed E-state index contributed by atoms with van der Waals surface area (Å²) in [6.07, 6.45) is 2.23. The first-order chi connectivity index (χ1) is 8.25. The zero-order valence-electron chi connectivity index (χ0n) is 10.0. The molecule has 1 amide bonds. The van der Waals surface area contributed by atoms with Crippen molar-refractivity contribution in [2.75, 3.05) is 13.2 Å². The van der Waals surface area contributed by atoms with Gasteiger partial charge in [0.2, 0.25) is 5.91 Å². The Morgan fingerprint density at radius 1 is 1.53 bits per heavy atom. The monoisotopic (exact) mass is 231 g/mol. The molecule has 1 saturated carbocycles. The molecule has 1 aliphatic heterocycles. The molecule has 1 aromatic carbocycles. The summed E-state index contributed by atoms with van der Waals surface area (Å²) in [6.45, 7) is 3.20. The van der Waals surface area contributed by atoms with Gasteiger partial charge in [0.05, 0.1) is 6.61 Å². The summed E-state index contributed by atoms with van der Waals surface area (Å²) in [4.78, 5) is 10.9. The zero-order chi connectivity index (χ0) is 11.8. The number of carbonyl (C=O) groups is 1. The van der Waals surface area contributed by atoms with Crippen molar-refractivity contribution < 1.29 is 9.53 Å². The molecule has 0 radical (unpaired) electrons. The predicted octanol–water partition coefficient (Wildman–Crippen LogP) is 1.86. The third kappa shape index (κ3) is 2.02. The first kappa shape index (κ1) is 10.6. The first-order valence-corrected chi connectivity index (χ1v) is 6.24. The van der Waals surface area contributed by atoms with Gasteiger partial charge in [-0.3, -0.25) is 4.79 Å². The number of fused-ring (bicyclic) bond motifs is 1. The summed E-state index contributed by atoms with van der Waals surface area (Å²) in [5.74, 6) is 2.37. The lowest BCUT2D eigenvalue weighted by atomic mass is 10.00. The summed E-state index contributed by atoms with van der Waals surface area (Å²) in [5.41, 5.74) is 2.83. The fourth-order valence-corrected chi connectivity index (χ4v) is 2.72. The Morgan fingerprint density at radius 3 is 3.24 bits per heavy atom. The van der Waals surface area contributed by atoms with E-state index < -0.39 is 0 Å². The SMILES string of the molecule is CC(=O)NC[C@@H]1C[C@H]1c1cccc2c1CCO2. The number of rotatable bonds is 3. The van der Waals surface area contributed by atoms with Crippen molar-refractivity contribution in [1.82, 2.24) is 5.32 Å². The Morgan fingerprint density at radius 2 is 2.41 bits per heavy atom. The van der Waals surface area contributed by atoms with Crippen LogP contribution in [-0.4, -0.2) is 19.1 Å². The highest BCUT2D eigenvalue weighted by Crippen LogP contribution is 2.50. The fraction of sp³-hybridized carbons (Fsp3) is 0.500. The number of carbonyl (C=O) groups excluding carboxylic acids is 1. The van der Waals surface area contributed by atoms with Gasteiger partial charge in [-0.1, -0.05) is 12.1 Å². The minimum absolute atomic E-state index is 0.0669. The van der Waals surface area contributed by atoms with Crippen LogP contribution in [0.4, 0.5) is 0 Å². The molecule has 90 valence electrons. The summed E-state index contributed by atoms with van der Waals surface area (Å²) < 4.78 is 5.58. The highest BCUT2D eigenvalue weighted by atomic mass is 16.5. The van der Waals surface area contributed by atoms with Gasteiger partial charge in [0.1, 0.15) is 5.75 Å². The molecule has 1 aliphatic carbocycles. The van der Waals surface area contributed by atoms with Crippen LogP contribution in [-0.2, 0) is 11.2 Å². The van der Waals surface area contributed by atoms with E-state index in [1.807, 2.05) is 0 Å². The molecule has 3 heteroatoms. The normalized spacial score (nSPS) is 25.0. The molecule has 0 unspecified atom stereocenters. The molecule has 0 spiro atoms. The molecular weight excluding hydrogens is 214 g/mol. The topological polar surface area (TPSA) is 38.3 Å². The van der Waals surface area contributed by atoms with Crippen LogP contribution in [0.15, 0.2) is 18.2 Å².